The van der Waals surface area contributed by atoms with E-state index in [2.05, 4.69) is 27.9 Å². The summed E-state index contributed by atoms with van der Waals surface area (Å²) in [6, 6.07) is 6.99. The highest BCUT2D eigenvalue weighted by atomic mass is 127. The van der Waals surface area contributed by atoms with Gasteiger partial charge < -0.3 is 25.2 Å². The van der Waals surface area contributed by atoms with E-state index in [0.29, 0.717) is 11.3 Å². The molecule has 0 spiro atoms. The van der Waals surface area contributed by atoms with Crippen LogP contribution in [-0.2, 0) is 9.59 Å². The SMILES string of the molecule is CC(=O)N(C1CCCCCC1)C1CC(C(=O)NCCO)=CC(Oc2ccccc2I)C1O. The first kappa shape index (κ1) is 25.0. The summed E-state index contributed by atoms with van der Waals surface area (Å²) < 4.78 is 7.05. The number of ether oxygens (including phenoxy) is 1. The smallest absolute Gasteiger partial charge is 0.247 e. The van der Waals surface area contributed by atoms with E-state index in [9.17, 15) is 14.7 Å². The zero-order valence-electron chi connectivity index (χ0n) is 18.5. The van der Waals surface area contributed by atoms with Gasteiger partial charge in [-0.2, -0.15) is 0 Å². The lowest BCUT2D eigenvalue weighted by atomic mass is 9.86. The molecule has 0 saturated heterocycles. The highest BCUT2D eigenvalue weighted by Gasteiger charge is 2.42. The van der Waals surface area contributed by atoms with E-state index >= 15 is 0 Å². The van der Waals surface area contributed by atoms with Gasteiger partial charge in [0.1, 0.15) is 18.0 Å². The van der Waals surface area contributed by atoms with Crippen molar-refractivity contribution in [3.63, 3.8) is 0 Å². The summed E-state index contributed by atoms with van der Waals surface area (Å²) in [4.78, 5) is 27.4. The first-order valence-corrected chi connectivity index (χ1v) is 12.5. The van der Waals surface area contributed by atoms with Gasteiger partial charge in [0.05, 0.1) is 16.2 Å². The number of carbonyl (C=O) groups is 2. The van der Waals surface area contributed by atoms with Crippen molar-refractivity contribution in [2.24, 2.45) is 0 Å². The molecule has 3 rings (SSSR count). The average molecular weight is 556 g/mol. The van der Waals surface area contributed by atoms with Crippen LogP contribution in [0.5, 0.6) is 5.75 Å². The minimum absolute atomic E-state index is 0.0482. The molecule has 3 N–H and O–H groups in total. The van der Waals surface area contributed by atoms with Gasteiger partial charge >= 0.3 is 0 Å². The molecular formula is C24H33IN2O5. The van der Waals surface area contributed by atoms with E-state index in [-0.39, 0.29) is 37.4 Å². The van der Waals surface area contributed by atoms with Crippen LogP contribution in [0.4, 0.5) is 0 Å². The summed E-state index contributed by atoms with van der Waals surface area (Å²) in [5, 5.41) is 23.1. The predicted molar refractivity (Wildman–Crippen MR) is 130 cm³/mol. The highest BCUT2D eigenvalue weighted by molar-refractivity contribution is 14.1. The van der Waals surface area contributed by atoms with E-state index < -0.39 is 18.2 Å². The molecule has 0 radical (unpaired) electrons. The lowest BCUT2D eigenvalue weighted by molar-refractivity contribution is -0.140. The van der Waals surface area contributed by atoms with Gasteiger partial charge in [-0.05, 0) is 53.6 Å². The van der Waals surface area contributed by atoms with Crippen LogP contribution in [0.3, 0.4) is 0 Å². The Balaban J connectivity index is 1.92. The average Bonchev–Trinajstić information content (AvgIpc) is 3.05. The number of aliphatic hydroxyl groups is 2. The van der Waals surface area contributed by atoms with Crippen LogP contribution in [0.1, 0.15) is 51.9 Å². The Morgan fingerprint density at radius 3 is 2.50 bits per heavy atom. The number of nitrogens with one attached hydrogen (secondary N) is 1. The Hall–Kier alpha value is -1.65. The number of benzene rings is 1. The van der Waals surface area contributed by atoms with Gasteiger partial charge in [-0.15, -0.1) is 0 Å². The van der Waals surface area contributed by atoms with Crippen LogP contribution >= 0.6 is 22.6 Å². The quantitative estimate of drug-likeness (QED) is 0.355. The maximum atomic E-state index is 12.8. The van der Waals surface area contributed by atoms with E-state index in [1.54, 1.807) is 11.0 Å². The number of hydrogen-bond acceptors (Lipinski definition) is 5. The van der Waals surface area contributed by atoms with Crippen molar-refractivity contribution in [2.75, 3.05) is 13.2 Å². The second-order valence-corrected chi connectivity index (χ2v) is 9.68. The van der Waals surface area contributed by atoms with Crippen molar-refractivity contribution in [3.8, 4) is 5.75 Å². The van der Waals surface area contributed by atoms with Crippen LogP contribution < -0.4 is 10.1 Å². The fourth-order valence-electron chi connectivity index (χ4n) is 4.73. The molecular weight excluding hydrogens is 523 g/mol. The van der Waals surface area contributed by atoms with Crippen molar-refractivity contribution in [2.45, 2.75) is 76.2 Å². The van der Waals surface area contributed by atoms with Crippen molar-refractivity contribution in [1.82, 2.24) is 10.2 Å². The van der Waals surface area contributed by atoms with Gasteiger partial charge in [-0.1, -0.05) is 37.8 Å². The fourth-order valence-corrected chi connectivity index (χ4v) is 5.25. The maximum Gasteiger partial charge on any atom is 0.247 e. The summed E-state index contributed by atoms with van der Waals surface area (Å²) in [6.07, 6.45) is 6.40. The Labute approximate surface area is 203 Å². The zero-order valence-corrected chi connectivity index (χ0v) is 20.7. The molecule has 0 bridgehead atoms. The third kappa shape index (κ3) is 6.23. The molecule has 176 valence electrons. The second kappa shape index (κ2) is 12.0. The fraction of sp³-hybridized carbons (Fsp3) is 0.583. The monoisotopic (exact) mass is 556 g/mol. The number of halogens is 1. The molecule has 2 aliphatic rings. The van der Waals surface area contributed by atoms with Crippen LogP contribution in [0, 0.1) is 3.57 Å². The number of rotatable bonds is 7. The van der Waals surface area contributed by atoms with Gasteiger partial charge in [0.15, 0.2) is 0 Å². The molecule has 1 fully saturated rings. The third-order valence-corrected chi connectivity index (χ3v) is 7.14. The minimum Gasteiger partial charge on any atom is -0.482 e. The molecule has 1 aromatic carbocycles. The van der Waals surface area contributed by atoms with Crippen molar-refractivity contribution in [3.05, 3.63) is 39.5 Å². The van der Waals surface area contributed by atoms with Crippen molar-refractivity contribution >= 4 is 34.4 Å². The topological polar surface area (TPSA) is 99.1 Å². The Kier molecular flexibility index (Phi) is 9.36. The van der Waals surface area contributed by atoms with E-state index in [1.807, 2.05) is 24.3 Å². The third-order valence-electron chi connectivity index (χ3n) is 6.25. The van der Waals surface area contributed by atoms with Crippen molar-refractivity contribution < 1.29 is 24.5 Å². The Morgan fingerprint density at radius 1 is 1.19 bits per heavy atom. The Morgan fingerprint density at radius 2 is 1.88 bits per heavy atom. The lowest BCUT2D eigenvalue weighted by Crippen LogP contribution is -2.57. The molecule has 0 heterocycles. The van der Waals surface area contributed by atoms with Crippen LogP contribution in [0.15, 0.2) is 35.9 Å². The van der Waals surface area contributed by atoms with E-state index in [1.165, 1.54) is 6.92 Å². The van der Waals surface area contributed by atoms with E-state index in [0.717, 1.165) is 42.1 Å². The van der Waals surface area contributed by atoms with Crippen molar-refractivity contribution in [1.29, 1.82) is 0 Å². The number of para-hydroxylation sites is 1. The molecule has 0 aliphatic heterocycles. The second-order valence-electron chi connectivity index (χ2n) is 8.52. The highest BCUT2D eigenvalue weighted by Crippen LogP contribution is 2.33. The molecule has 32 heavy (non-hydrogen) atoms. The molecule has 7 nitrogen and oxygen atoms in total. The summed E-state index contributed by atoms with van der Waals surface area (Å²) >= 11 is 2.17. The molecule has 3 atom stereocenters. The first-order valence-electron chi connectivity index (χ1n) is 11.4. The van der Waals surface area contributed by atoms with Gasteiger partial charge in [-0.3, -0.25) is 9.59 Å². The van der Waals surface area contributed by atoms with Crippen LogP contribution in [-0.4, -0.2) is 64.4 Å². The van der Waals surface area contributed by atoms with Crippen LogP contribution in [0.2, 0.25) is 0 Å². The molecule has 2 aliphatic carbocycles. The maximum absolute atomic E-state index is 12.8. The summed E-state index contributed by atoms with van der Waals surface area (Å²) in [5.41, 5.74) is 0.463. The Bertz CT molecular complexity index is 822. The number of amides is 2. The first-order chi connectivity index (χ1) is 15.4. The molecule has 1 saturated carbocycles. The number of hydrogen-bond donors (Lipinski definition) is 3. The van der Waals surface area contributed by atoms with Gasteiger partial charge in [0.25, 0.3) is 0 Å². The minimum atomic E-state index is -0.965. The lowest BCUT2D eigenvalue weighted by Gasteiger charge is -2.43. The standard InChI is InChI=1S/C24H33IN2O5/c1-16(29)27(18-8-4-2-3-5-9-18)20-14-17(24(31)26-12-13-28)15-22(23(20)30)32-21-11-7-6-10-19(21)25/h6-7,10-11,15,18,20,22-23,28,30H,2-5,8-9,12-14H2,1H3,(H,26,31). The van der Waals surface area contributed by atoms with Gasteiger partial charge in [0.2, 0.25) is 11.8 Å². The molecule has 0 aromatic heterocycles. The normalized spacial score (nSPS) is 24.2. The van der Waals surface area contributed by atoms with Gasteiger partial charge in [0, 0.05) is 31.5 Å². The number of nitrogens with zero attached hydrogens (tertiary/aromatic N) is 1. The largest absolute Gasteiger partial charge is 0.482 e. The molecule has 8 heteroatoms. The summed E-state index contributed by atoms with van der Waals surface area (Å²) in [7, 11) is 0. The molecule has 1 aromatic rings. The summed E-state index contributed by atoms with van der Waals surface area (Å²) in [5.74, 6) is 0.218. The number of carbonyl (C=O) groups excluding carboxylic acids is 2. The van der Waals surface area contributed by atoms with Gasteiger partial charge in [-0.25, -0.2) is 0 Å². The number of aliphatic hydroxyl groups excluding tert-OH is 2. The van der Waals surface area contributed by atoms with E-state index in [4.69, 9.17) is 9.84 Å². The molecule has 2 amide bonds. The zero-order chi connectivity index (χ0) is 23.1. The predicted octanol–water partition coefficient (Wildman–Crippen LogP) is 2.78. The summed E-state index contributed by atoms with van der Waals surface area (Å²) in [6.45, 7) is 1.52. The van der Waals surface area contributed by atoms with Crippen LogP contribution in [0.25, 0.3) is 0 Å². The molecule has 3 unspecified atom stereocenters.